The predicted molar refractivity (Wildman–Crippen MR) is 114 cm³/mol. The average molecular weight is 409 g/mol. The van der Waals surface area contributed by atoms with Gasteiger partial charge in [0.15, 0.2) is 0 Å². The summed E-state index contributed by atoms with van der Waals surface area (Å²) in [6, 6.07) is 14.2. The Hall–Kier alpha value is -3.62. The lowest BCUT2D eigenvalue weighted by Crippen LogP contribution is -2.47. The van der Waals surface area contributed by atoms with E-state index >= 15 is 0 Å². The third-order valence-corrected chi connectivity index (χ3v) is 5.52. The minimum atomic E-state index is -0.390. The van der Waals surface area contributed by atoms with Gasteiger partial charge in [-0.05, 0) is 42.8 Å². The van der Waals surface area contributed by atoms with Crippen molar-refractivity contribution in [1.29, 1.82) is 0 Å². The van der Waals surface area contributed by atoms with E-state index in [0.29, 0.717) is 12.8 Å². The number of nitro benzene ring substituents is 1. The minimum absolute atomic E-state index is 0.100. The van der Waals surface area contributed by atoms with Crippen LogP contribution in [0.3, 0.4) is 0 Å². The van der Waals surface area contributed by atoms with Crippen molar-refractivity contribution < 1.29 is 14.5 Å². The van der Waals surface area contributed by atoms with Crippen molar-refractivity contribution in [3.05, 3.63) is 58.6 Å². The van der Waals surface area contributed by atoms with Crippen molar-refractivity contribution >= 4 is 34.6 Å². The largest absolute Gasteiger partial charge is 0.374 e. The quantitative estimate of drug-likeness (QED) is 0.442. The van der Waals surface area contributed by atoms with Gasteiger partial charge in [-0.2, -0.15) is 0 Å². The number of nitrogens with one attached hydrogen (secondary N) is 2. The molecule has 2 aromatic rings. The van der Waals surface area contributed by atoms with Gasteiger partial charge in [0.05, 0.1) is 4.92 Å². The number of carbonyl (C=O) groups is 2. The number of nitrogens with zero attached hydrogens (tertiary/aromatic N) is 3. The lowest BCUT2D eigenvalue weighted by Gasteiger charge is -2.37. The van der Waals surface area contributed by atoms with Gasteiger partial charge in [-0.25, -0.2) is 0 Å². The number of benzene rings is 2. The lowest BCUT2D eigenvalue weighted by atomic mass is 10.1. The molecule has 0 bridgehead atoms. The van der Waals surface area contributed by atoms with E-state index in [9.17, 15) is 19.7 Å². The van der Waals surface area contributed by atoms with Gasteiger partial charge in [-0.15, -0.1) is 0 Å². The number of carbonyl (C=O) groups excluding carboxylic acids is 2. The molecule has 2 aliphatic heterocycles. The van der Waals surface area contributed by atoms with E-state index in [1.165, 1.54) is 12.1 Å². The Bertz CT molecular complexity index is 937. The Morgan fingerprint density at radius 2 is 1.43 bits per heavy atom. The molecular formula is C21H23N5O4. The summed E-state index contributed by atoms with van der Waals surface area (Å²) in [6.07, 6.45) is 0.845. The van der Waals surface area contributed by atoms with E-state index < -0.39 is 6.04 Å². The molecule has 2 N–H and O–H groups in total. The van der Waals surface area contributed by atoms with E-state index in [-0.39, 0.29) is 22.4 Å². The molecule has 0 saturated carbocycles. The maximum Gasteiger partial charge on any atom is 0.269 e. The second-order valence-electron chi connectivity index (χ2n) is 7.44. The van der Waals surface area contributed by atoms with Gasteiger partial charge in [0.1, 0.15) is 6.04 Å². The number of imide groups is 1. The van der Waals surface area contributed by atoms with Crippen LogP contribution in [0.5, 0.6) is 0 Å². The molecule has 2 amide bonds. The van der Waals surface area contributed by atoms with Crippen LogP contribution in [0.2, 0.25) is 0 Å². The van der Waals surface area contributed by atoms with Crippen molar-refractivity contribution in [2.45, 2.75) is 18.9 Å². The molecule has 1 atom stereocenters. The summed E-state index contributed by atoms with van der Waals surface area (Å²) in [5.74, 6) is -0.501. The highest BCUT2D eigenvalue weighted by Gasteiger charge is 2.26. The first-order chi connectivity index (χ1) is 14.5. The first-order valence-corrected chi connectivity index (χ1v) is 9.94. The minimum Gasteiger partial charge on any atom is -0.374 e. The average Bonchev–Trinajstić information content (AvgIpc) is 2.76. The number of amides is 2. The molecular weight excluding hydrogens is 386 g/mol. The number of piperazine rings is 1. The molecule has 2 heterocycles. The molecule has 0 radical (unpaired) electrons. The number of hydrogen-bond donors (Lipinski definition) is 2. The third kappa shape index (κ3) is 4.35. The van der Waals surface area contributed by atoms with Crippen LogP contribution in [0.4, 0.5) is 22.7 Å². The fourth-order valence-corrected chi connectivity index (χ4v) is 3.81. The highest BCUT2D eigenvalue weighted by Crippen LogP contribution is 2.24. The zero-order chi connectivity index (χ0) is 21.1. The molecule has 30 heavy (non-hydrogen) atoms. The summed E-state index contributed by atoms with van der Waals surface area (Å²) in [5, 5.41) is 16.3. The van der Waals surface area contributed by atoms with E-state index in [0.717, 1.165) is 43.2 Å². The van der Waals surface area contributed by atoms with Crippen molar-refractivity contribution in [2.24, 2.45) is 0 Å². The van der Waals surface area contributed by atoms with Gasteiger partial charge in [0.25, 0.3) is 5.69 Å². The van der Waals surface area contributed by atoms with Crippen molar-refractivity contribution in [2.75, 3.05) is 41.3 Å². The van der Waals surface area contributed by atoms with Crippen LogP contribution < -0.4 is 20.4 Å². The maximum absolute atomic E-state index is 11.9. The maximum atomic E-state index is 11.9. The van der Waals surface area contributed by atoms with Crippen LogP contribution in [0.25, 0.3) is 0 Å². The fraction of sp³-hybridized carbons (Fsp3) is 0.333. The van der Waals surface area contributed by atoms with Crippen LogP contribution in [0.15, 0.2) is 48.5 Å². The Morgan fingerprint density at radius 1 is 0.900 bits per heavy atom. The summed E-state index contributed by atoms with van der Waals surface area (Å²) < 4.78 is 0. The predicted octanol–water partition coefficient (Wildman–Crippen LogP) is 2.14. The van der Waals surface area contributed by atoms with E-state index in [2.05, 4.69) is 20.4 Å². The van der Waals surface area contributed by atoms with E-state index in [1.54, 1.807) is 12.1 Å². The number of non-ortho nitro benzene ring substituents is 1. The zero-order valence-corrected chi connectivity index (χ0v) is 16.4. The van der Waals surface area contributed by atoms with Crippen LogP contribution in [-0.2, 0) is 9.59 Å². The summed E-state index contributed by atoms with van der Waals surface area (Å²) >= 11 is 0. The van der Waals surface area contributed by atoms with Gasteiger partial charge in [0, 0.05) is 61.8 Å². The number of nitro groups is 1. The van der Waals surface area contributed by atoms with Crippen LogP contribution in [0, 0.1) is 10.1 Å². The molecule has 2 aliphatic rings. The molecule has 2 fully saturated rings. The first kappa shape index (κ1) is 19.7. The van der Waals surface area contributed by atoms with E-state index in [1.807, 2.05) is 24.3 Å². The number of anilines is 3. The molecule has 9 heteroatoms. The van der Waals surface area contributed by atoms with Crippen molar-refractivity contribution in [1.82, 2.24) is 5.32 Å². The molecule has 0 aromatic heterocycles. The Labute approximate surface area is 173 Å². The molecule has 9 nitrogen and oxygen atoms in total. The SMILES string of the molecule is O=C1CCC(Nc2ccc(N3CCN(c4ccc([N+](=O)[O-])cc4)CC3)cc2)C(=O)N1. The fourth-order valence-electron chi connectivity index (χ4n) is 3.81. The van der Waals surface area contributed by atoms with Crippen LogP contribution >= 0.6 is 0 Å². The van der Waals surface area contributed by atoms with Gasteiger partial charge >= 0.3 is 0 Å². The molecule has 1 unspecified atom stereocenters. The molecule has 0 aliphatic carbocycles. The lowest BCUT2D eigenvalue weighted by molar-refractivity contribution is -0.384. The summed E-state index contributed by atoms with van der Waals surface area (Å²) in [5.41, 5.74) is 3.04. The Balaban J connectivity index is 1.32. The molecule has 4 rings (SSSR count). The second kappa shape index (κ2) is 8.40. The van der Waals surface area contributed by atoms with Gasteiger partial charge in [-0.1, -0.05) is 0 Å². The molecule has 0 spiro atoms. The second-order valence-corrected chi connectivity index (χ2v) is 7.44. The van der Waals surface area contributed by atoms with Gasteiger partial charge < -0.3 is 15.1 Å². The third-order valence-electron chi connectivity index (χ3n) is 5.52. The summed E-state index contributed by atoms with van der Waals surface area (Å²) in [4.78, 5) is 38.1. The molecule has 2 saturated heterocycles. The normalized spacial score (nSPS) is 19.4. The van der Waals surface area contributed by atoms with Crippen molar-refractivity contribution in [3.8, 4) is 0 Å². The van der Waals surface area contributed by atoms with E-state index in [4.69, 9.17) is 0 Å². The highest BCUT2D eigenvalue weighted by molar-refractivity contribution is 6.01. The first-order valence-electron chi connectivity index (χ1n) is 9.94. The van der Waals surface area contributed by atoms with Crippen LogP contribution in [-0.4, -0.2) is 49.0 Å². The Morgan fingerprint density at radius 3 is 1.93 bits per heavy atom. The van der Waals surface area contributed by atoms with Crippen molar-refractivity contribution in [3.63, 3.8) is 0 Å². The smallest absolute Gasteiger partial charge is 0.269 e. The van der Waals surface area contributed by atoms with Crippen LogP contribution in [0.1, 0.15) is 12.8 Å². The molecule has 156 valence electrons. The monoisotopic (exact) mass is 409 g/mol. The Kier molecular flexibility index (Phi) is 5.51. The summed E-state index contributed by atoms with van der Waals surface area (Å²) in [7, 11) is 0. The number of piperidine rings is 1. The number of hydrogen-bond acceptors (Lipinski definition) is 7. The standard InChI is InChI=1S/C21H23N5O4/c27-20-10-9-19(21(28)23-20)22-15-1-3-16(4-2-15)24-11-13-25(14-12-24)17-5-7-18(8-6-17)26(29)30/h1-8,19,22H,9-14H2,(H,23,27,28). The topological polar surface area (TPSA) is 108 Å². The van der Waals surface area contributed by atoms with Gasteiger partial charge in [0.2, 0.25) is 11.8 Å². The zero-order valence-electron chi connectivity index (χ0n) is 16.4. The summed E-state index contributed by atoms with van der Waals surface area (Å²) in [6.45, 7) is 3.34. The molecule has 2 aromatic carbocycles. The highest BCUT2D eigenvalue weighted by atomic mass is 16.6. The van der Waals surface area contributed by atoms with Gasteiger partial charge in [-0.3, -0.25) is 25.0 Å². The number of rotatable bonds is 5.